The Morgan fingerprint density at radius 1 is 1.52 bits per heavy atom. The summed E-state index contributed by atoms with van der Waals surface area (Å²) in [6.45, 7) is 2.58. The number of hydrogen-bond acceptors (Lipinski definition) is 5. The molecule has 0 bridgehead atoms. The van der Waals surface area contributed by atoms with Gasteiger partial charge in [0.05, 0.1) is 10.6 Å². The highest BCUT2D eigenvalue weighted by atomic mass is 32.2. The first-order chi connectivity index (χ1) is 9.97. The fraction of sp³-hybridized carbons (Fsp3) is 0.500. The lowest BCUT2D eigenvalue weighted by Crippen LogP contribution is -2.26. The summed E-state index contributed by atoms with van der Waals surface area (Å²) in [5.74, 6) is 0.630. The van der Waals surface area contributed by atoms with E-state index in [0.29, 0.717) is 24.1 Å². The molecule has 0 radical (unpaired) electrons. The molecule has 0 amide bonds. The minimum Gasteiger partial charge on any atom is -0.409 e. The second-order valence-electron chi connectivity index (χ2n) is 5.30. The molecular formula is C14H21N3O3S. The van der Waals surface area contributed by atoms with Gasteiger partial charge in [-0.25, -0.2) is 8.42 Å². The number of benzene rings is 1. The summed E-state index contributed by atoms with van der Waals surface area (Å²) < 4.78 is 24.5. The lowest BCUT2D eigenvalue weighted by atomic mass is 10.2. The molecule has 0 aromatic heterocycles. The highest BCUT2D eigenvalue weighted by molar-refractivity contribution is 7.91. The molecule has 7 heteroatoms. The first-order valence-electron chi connectivity index (χ1n) is 7.02. The van der Waals surface area contributed by atoms with Gasteiger partial charge in [0.2, 0.25) is 0 Å². The lowest BCUT2D eigenvalue weighted by molar-refractivity contribution is 0.318. The Bertz CT molecular complexity index is 628. The first-order valence-corrected chi connectivity index (χ1v) is 8.67. The van der Waals surface area contributed by atoms with Crippen LogP contribution in [0.2, 0.25) is 0 Å². The van der Waals surface area contributed by atoms with Crippen molar-refractivity contribution in [1.29, 1.82) is 0 Å². The topological polar surface area (TPSA) is 105 Å². The van der Waals surface area contributed by atoms with Crippen LogP contribution in [0.25, 0.3) is 0 Å². The molecule has 116 valence electrons. The number of oxime groups is 1. The average molecular weight is 311 g/mol. The van der Waals surface area contributed by atoms with Crippen molar-refractivity contribution in [3.63, 3.8) is 0 Å². The first kappa shape index (κ1) is 15.8. The van der Waals surface area contributed by atoms with Crippen LogP contribution in [0.4, 0.5) is 0 Å². The van der Waals surface area contributed by atoms with Crippen molar-refractivity contribution in [3.05, 3.63) is 29.8 Å². The predicted molar refractivity (Wildman–Crippen MR) is 81.2 cm³/mol. The van der Waals surface area contributed by atoms with Gasteiger partial charge in [-0.3, -0.25) is 0 Å². The van der Waals surface area contributed by atoms with E-state index in [1.54, 1.807) is 12.1 Å². The van der Waals surface area contributed by atoms with Gasteiger partial charge in [-0.2, -0.15) is 0 Å². The van der Waals surface area contributed by atoms with Gasteiger partial charge in [0, 0.05) is 18.2 Å². The Morgan fingerprint density at radius 3 is 2.90 bits per heavy atom. The third kappa shape index (κ3) is 3.95. The number of nitrogens with one attached hydrogen (secondary N) is 1. The Kier molecular flexibility index (Phi) is 4.84. The van der Waals surface area contributed by atoms with Crippen molar-refractivity contribution >= 4 is 15.7 Å². The SMILES string of the molecule is CCC1CC1NCCS(=O)(=O)c1cccc(/C(N)=N/O)c1. The minimum atomic E-state index is -3.37. The van der Waals surface area contributed by atoms with Crippen molar-refractivity contribution in [3.8, 4) is 0 Å². The Labute approximate surface area is 125 Å². The van der Waals surface area contributed by atoms with Gasteiger partial charge >= 0.3 is 0 Å². The van der Waals surface area contributed by atoms with Crippen LogP contribution in [0.1, 0.15) is 25.3 Å². The van der Waals surface area contributed by atoms with Crippen LogP contribution in [0.3, 0.4) is 0 Å². The fourth-order valence-electron chi connectivity index (χ4n) is 2.35. The molecule has 1 aliphatic carbocycles. The summed E-state index contributed by atoms with van der Waals surface area (Å²) >= 11 is 0. The monoisotopic (exact) mass is 311 g/mol. The van der Waals surface area contributed by atoms with Crippen LogP contribution in [0.5, 0.6) is 0 Å². The average Bonchev–Trinajstić information content (AvgIpc) is 3.25. The maximum absolute atomic E-state index is 12.3. The molecule has 2 atom stereocenters. The largest absolute Gasteiger partial charge is 0.409 e. The van der Waals surface area contributed by atoms with Crippen LogP contribution < -0.4 is 11.1 Å². The van der Waals surface area contributed by atoms with E-state index in [2.05, 4.69) is 17.4 Å². The molecule has 21 heavy (non-hydrogen) atoms. The van der Waals surface area contributed by atoms with Gasteiger partial charge in [0.1, 0.15) is 0 Å². The molecule has 0 aliphatic heterocycles. The summed E-state index contributed by atoms with van der Waals surface area (Å²) in [6.07, 6.45) is 2.27. The van der Waals surface area contributed by atoms with Crippen LogP contribution in [0, 0.1) is 5.92 Å². The third-order valence-electron chi connectivity index (χ3n) is 3.82. The fourth-order valence-corrected chi connectivity index (χ4v) is 3.57. The van der Waals surface area contributed by atoms with E-state index < -0.39 is 9.84 Å². The molecule has 1 saturated carbocycles. The van der Waals surface area contributed by atoms with Crippen LogP contribution in [-0.2, 0) is 9.84 Å². The van der Waals surface area contributed by atoms with Gasteiger partial charge in [-0.05, 0) is 24.5 Å². The number of hydrogen-bond donors (Lipinski definition) is 3. The van der Waals surface area contributed by atoms with Gasteiger partial charge in [-0.1, -0.05) is 30.6 Å². The van der Waals surface area contributed by atoms with Crippen LogP contribution in [0.15, 0.2) is 34.3 Å². The van der Waals surface area contributed by atoms with Crippen molar-refractivity contribution < 1.29 is 13.6 Å². The van der Waals surface area contributed by atoms with Gasteiger partial charge in [-0.15, -0.1) is 0 Å². The number of nitrogens with zero attached hydrogens (tertiary/aromatic N) is 1. The summed E-state index contributed by atoms with van der Waals surface area (Å²) in [4.78, 5) is 0.191. The maximum atomic E-state index is 12.3. The summed E-state index contributed by atoms with van der Waals surface area (Å²) in [7, 11) is -3.37. The maximum Gasteiger partial charge on any atom is 0.179 e. The zero-order valence-corrected chi connectivity index (χ0v) is 12.8. The molecule has 6 nitrogen and oxygen atoms in total. The molecule has 1 fully saturated rings. The van der Waals surface area contributed by atoms with Gasteiger partial charge in [0.25, 0.3) is 0 Å². The second kappa shape index (κ2) is 6.44. The highest BCUT2D eigenvalue weighted by Gasteiger charge is 2.34. The van der Waals surface area contributed by atoms with Crippen molar-refractivity contribution in [1.82, 2.24) is 5.32 Å². The smallest absolute Gasteiger partial charge is 0.179 e. The minimum absolute atomic E-state index is 0.0412. The molecule has 0 saturated heterocycles. The van der Waals surface area contributed by atoms with E-state index in [0.717, 1.165) is 12.8 Å². The van der Waals surface area contributed by atoms with E-state index in [-0.39, 0.29) is 16.5 Å². The number of rotatable bonds is 7. The van der Waals surface area contributed by atoms with E-state index in [1.165, 1.54) is 12.1 Å². The molecule has 1 aromatic carbocycles. The summed E-state index contributed by atoms with van der Waals surface area (Å²) in [5.41, 5.74) is 5.87. The van der Waals surface area contributed by atoms with E-state index in [4.69, 9.17) is 10.9 Å². The van der Waals surface area contributed by atoms with E-state index >= 15 is 0 Å². The third-order valence-corrected chi connectivity index (χ3v) is 5.53. The van der Waals surface area contributed by atoms with Gasteiger partial charge in [0.15, 0.2) is 15.7 Å². The Hall–Kier alpha value is -1.60. The zero-order valence-electron chi connectivity index (χ0n) is 12.0. The normalized spacial score (nSPS) is 22.2. The molecule has 1 aromatic rings. The van der Waals surface area contributed by atoms with Crippen molar-refractivity contribution in [2.24, 2.45) is 16.8 Å². The molecule has 2 unspecified atom stereocenters. The van der Waals surface area contributed by atoms with E-state index in [9.17, 15) is 8.42 Å². The standard InChI is InChI=1S/C14H21N3O3S/c1-2-10-9-13(10)16-6-7-21(19,20)12-5-3-4-11(8-12)14(15)17-18/h3-5,8,10,13,16,18H,2,6-7,9H2,1H3,(H2,15,17). The Balaban J connectivity index is 1.99. The molecule has 4 N–H and O–H groups in total. The number of amidine groups is 1. The lowest BCUT2D eigenvalue weighted by Gasteiger charge is -2.07. The predicted octanol–water partition coefficient (Wildman–Crippen LogP) is 0.943. The summed E-state index contributed by atoms with van der Waals surface area (Å²) in [6, 6.07) is 6.60. The quantitative estimate of drug-likeness (QED) is 0.301. The molecule has 1 aliphatic rings. The van der Waals surface area contributed by atoms with Crippen molar-refractivity contribution in [2.45, 2.75) is 30.7 Å². The number of nitrogens with two attached hydrogens (primary N) is 1. The zero-order chi connectivity index (χ0) is 15.5. The van der Waals surface area contributed by atoms with E-state index in [1.807, 2.05) is 0 Å². The van der Waals surface area contributed by atoms with Crippen LogP contribution in [-0.4, -0.2) is 37.8 Å². The Morgan fingerprint density at radius 2 is 2.29 bits per heavy atom. The molecule has 0 spiro atoms. The molecule has 2 rings (SSSR count). The molecular weight excluding hydrogens is 290 g/mol. The van der Waals surface area contributed by atoms with Gasteiger partial charge < -0.3 is 16.3 Å². The molecule has 0 heterocycles. The second-order valence-corrected chi connectivity index (χ2v) is 7.41. The highest BCUT2D eigenvalue weighted by Crippen LogP contribution is 2.32. The van der Waals surface area contributed by atoms with Crippen molar-refractivity contribution in [2.75, 3.05) is 12.3 Å². The number of sulfone groups is 1. The summed E-state index contributed by atoms with van der Waals surface area (Å²) in [5, 5.41) is 14.8. The van der Waals surface area contributed by atoms with Crippen LogP contribution >= 0.6 is 0 Å².